The number of nitrogens with zero attached hydrogens (tertiary/aromatic N) is 1. The van der Waals surface area contributed by atoms with Gasteiger partial charge in [0.15, 0.2) is 0 Å². The smallest absolute Gasteiger partial charge is 0.273 e. The van der Waals surface area contributed by atoms with E-state index in [1.165, 1.54) is 12.1 Å². The molecule has 1 heterocycles. The Morgan fingerprint density at radius 1 is 0.905 bits per heavy atom. The fourth-order valence-corrected chi connectivity index (χ4v) is 3.65. The first-order valence-electron chi connectivity index (χ1n) is 6.31. The van der Waals surface area contributed by atoms with E-state index in [9.17, 15) is 18.0 Å². The lowest BCUT2D eigenvalue weighted by Gasteiger charge is -2.24. The molecule has 0 saturated carbocycles. The minimum Gasteiger partial charge on any atom is -0.300 e. The van der Waals surface area contributed by atoms with Crippen LogP contribution in [0.2, 0.25) is 0 Å². The molecule has 1 N–H and O–H groups in total. The second-order valence-electron chi connectivity index (χ2n) is 4.67. The van der Waals surface area contributed by atoms with Crippen molar-refractivity contribution < 1.29 is 18.0 Å². The van der Waals surface area contributed by atoms with Crippen LogP contribution >= 0.6 is 0 Å². The molecule has 1 aliphatic rings. The number of piperazine rings is 1. The largest absolute Gasteiger partial charge is 0.300 e. The van der Waals surface area contributed by atoms with E-state index in [0.717, 1.165) is 10.8 Å². The van der Waals surface area contributed by atoms with Gasteiger partial charge < -0.3 is 0 Å². The van der Waals surface area contributed by atoms with E-state index >= 15 is 0 Å². The van der Waals surface area contributed by atoms with E-state index in [-0.39, 0.29) is 18.0 Å². The number of carbonyl (C=O) groups is 2. The summed E-state index contributed by atoms with van der Waals surface area (Å²) in [5.74, 6) is -1.53. The van der Waals surface area contributed by atoms with Crippen molar-refractivity contribution in [3.8, 4) is 0 Å². The SMILES string of the molecule is O=C1CNCC(=O)N1S(=O)(=O)c1ccc2ccccc2c1. The molecule has 1 fully saturated rings. The molecule has 2 amide bonds. The minimum atomic E-state index is -4.16. The van der Waals surface area contributed by atoms with Crippen molar-refractivity contribution in [2.45, 2.75) is 4.90 Å². The summed E-state index contributed by atoms with van der Waals surface area (Å²) in [7, 11) is -4.16. The third kappa shape index (κ3) is 2.30. The zero-order chi connectivity index (χ0) is 15.0. The van der Waals surface area contributed by atoms with Crippen molar-refractivity contribution in [3.63, 3.8) is 0 Å². The van der Waals surface area contributed by atoms with Crippen LogP contribution in [0.1, 0.15) is 0 Å². The summed E-state index contributed by atoms with van der Waals surface area (Å²) in [4.78, 5) is 23.4. The zero-order valence-electron chi connectivity index (χ0n) is 10.9. The highest BCUT2D eigenvalue weighted by atomic mass is 32.2. The van der Waals surface area contributed by atoms with E-state index in [2.05, 4.69) is 5.32 Å². The maximum absolute atomic E-state index is 12.5. The van der Waals surface area contributed by atoms with Gasteiger partial charge in [0.05, 0.1) is 18.0 Å². The lowest BCUT2D eigenvalue weighted by atomic mass is 10.1. The van der Waals surface area contributed by atoms with Gasteiger partial charge in [0.2, 0.25) is 0 Å². The Bertz CT molecular complexity index is 829. The fraction of sp³-hybridized carbons (Fsp3) is 0.143. The second-order valence-corrected chi connectivity index (χ2v) is 6.46. The van der Waals surface area contributed by atoms with E-state index in [1.54, 1.807) is 18.2 Å². The molecule has 0 aliphatic carbocycles. The summed E-state index contributed by atoms with van der Waals surface area (Å²) >= 11 is 0. The summed E-state index contributed by atoms with van der Waals surface area (Å²) in [5, 5.41) is 4.18. The minimum absolute atomic E-state index is 0.0650. The van der Waals surface area contributed by atoms with Crippen molar-refractivity contribution in [3.05, 3.63) is 42.5 Å². The van der Waals surface area contributed by atoms with Gasteiger partial charge in [-0.3, -0.25) is 14.9 Å². The Balaban J connectivity index is 2.11. The maximum atomic E-state index is 12.5. The summed E-state index contributed by atoms with van der Waals surface area (Å²) < 4.78 is 25.4. The quantitative estimate of drug-likeness (QED) is 0.816. The third-order valence-corrected chi connectivity index (χ3v) is 5.00. The molecule has 3 rings (SSSR count). The van der Waals surface area contributed by atoms with E-state index < -0.39 is 21.8 Å². The average molecular weight is 304 g/mol. The maximum Gasteiger partial charge on any atom is 0.273 e. The molecular formula is C14H12N2O4S. The molecule has 108 valence electrons. The molecule has 0 aromatic heterocycles. The van der Waals surface area contributed by atoms with Crippen LogP contribution < -0.4 is 5.32 Å². The second kappa shape index (κ2) is 4.94. The molecule has 1 saturated heterocycles. The number of fused-ring (bicyclic) bond motifs is 1. The first-order valence-corrected chi connectivity index (χ1v) is 7.75. The number of nitrogens with one attached hydrogen (secondary N) is 1. The number of imide groups is 1. The molecule has 0 radical (unpaired) electrons. The molecule has 2 aromatic rings. The van der Waals surface area contributed by atoms with Crippen molar-refractivity contribution in [2.75, 3.05) is 13.1 Å². The summed E-state index contributed by atoms with van der Waals surface area (Å²) in [6, 6.07) is 11.8. The molecule has 0 bridgehead atoms. The van der Waals surface area contributed by atoms with Crippen LogP contribution in [0.15, 0.2) is 47.4 Å². The third-order valence-electron chi connectivity index (χ3n) is 3.26. The lowest BCUT2D eigenvalue weighted by Crippen LogP contribution is -2.54. The van der Waals surface area contributed by atoms with E-state index in [0.29, 0.717) is 4.31 Å². The summed E-state index contributed by atoms with van der Waals surface area (Å²) in [6.07, 6.45) is 0. The van der Waals surface area contributed by atoms with Gasteiger partial charge in [-0.15, -0.1) is 0 Å². The Morgan fingerprint density at radius 2 is 1.52 bits per heavy atom. The topological polar surface area (TPSA) is 83.6 Å². The van der Waals surface area contributed by atoms with Gasteiger partial charge in [0.1, 0.15) is 0 Å². The van der Waals surface area contributed by atoms with Gasteiger partial charge in [0.25, 0.3) is 21.8 Å². The van der Waals surface area contributed by atoms with Gasteiger partial charge >= 0.3 is 0 Å². The zero-order valence-corrected chi connectivity index (χ0v) is 11.8. The Labute approximate surface area is 121 Å². The highest BCUT2D eigenvalue weighted by Crippen LogP contribution is 2.22. The summed E-state index contributed by atoms with van der Waals surface area (Å²) in [6.45, 7) is -0.336. The predicted molar refractivity (Wildman–Crippen MR) is 75.9 cm³/mol. The molecule has 7 heteroatoms. The molecule has 1 aliphatic heterocycles. The highest BCUT2D eigenvalue weighted by Gasteiger charge is 2.37. The number of amides is 2. The van der Waals surface area contributed by atoms with Crippen LogP contribution in [-0.4, -0.2) is 37.6 Å². The normalized spacial score (nSPS) is 16.5. The number of rotatable bonds is 2. The van der Waals surface area contributed by atoms with Crippen LogP contribution in [0.5, 0.6) is 0 Å². The number of benzene rings is 2. The number of hydrogen-bond acceptors (Lipinski definition) is 5. The van der Waals surface area contributed by atoms with Crippen LogP contribution in [0.4, 0.5) is 0 Å². The first kappa shape index (κ1) is 13.7. The van der Waals surface area contributed by atoms with Crippen LogP contribution in [-0.2, 0) is 19.6 Å². The number of carbonyl (C=O) groups excluding carboxylic acids is 2. The van der Waals surface area contributed by atoms with E-state index in [1.807, 2.05) is 12.1 Å². The molecule has 0 unspecified atom stereocenters. The van der Waals surface area contributed by atoms with E-state index in [4.69, 9.17) is 0 Å². The van der Waals surface area contributed by atoms with Gasteiger partial charge in [-0.25, -0.2) is 8.42 Å². The van der Waals surface area contributed by atoms with Crippen molar-refractivity contribution in [2.24, 2.45) is 0 Å². The van der Waals surface area contributed by atoms with Crippen molar-refractivity contribution >= 4 is 32.6 Å². The number of sulfonamides is 1. The Kier molecular flexibility index (Phi) is 3.23. The Morgan fingerprint density at radius 3 is 2.19 bits per heavy atom. The van der Waals surface area contributed by atoms with Crippen LogP contribution in [0.25, 0.3) is 10.8 Å². The molecule has 6 nitrogen and oxygen atoms in total. The van der Waals surface area contributed by atoms with Gasteiger partial charge in [-0.05, 0) is 22.9 Å². The van der Waals surface area contributed by atoms with Gasteiger partial charge in [-0.1, -0.05) is 30.3 Å². The highest BCUT2D eigenvalue weighted by molar-refractivity contribution is 7.90. The molecule has 0 spiro atoms. The van der Waals surface area contributed by atoms with Crippen molar-refractivity contribution in [1.29, 1.82) is 0 Å². The predicted octanol–water partition coefficient (Wildman–Crippen LogP) is 0.487. The molecule has 2 aromatic carbocycles. The van der Waals surface area contributed by atoms with Crippen LogP contribution in [0.3, 0.4) is 0 Å². The van der Waals surface area contributed by atoms with Crippen molar-refractivity contribution in [1.82, 2.24) is 9.62 Å². The van der Waals surface area contributed by atoms with Crippen LogP contribution in [0, 0.1) is 0 Å². The molecular weight excluding hydrogens is 292 g/mol. The fourth-order valence-electron chi connectivity index (χ4n) is 2.26. The van der Waals surface area contributed by atoms with Gasteiger partial charge in [-0.2, -0.15) is 4.31 Å². The average Bonchev–Trinajstić information content (AvgIpc) is 2.46. The standard InChI is InChI=1S/C14H12N2O4S/c17-13-8-15-9-14(18)16(13)21(19,20)12-6-5-10-3-1-2-4-11(10)7-12/h1-7,15H,8-9H2. The first-order chi connectivity index (χ1) is 10.00. The lowest BCUT2D eigenvalue weighted by molar-refractivity contribution is -0.139. The summed E-state index contributed by atoms with van der Waals surface area (Å²) in [5.41, 5.74) is 0. The Hall–Kier alpha value is -2.25. The number of hydrogen-bond donors (Lipinski definition) is 1. The monoisotopic (exact) mass is 304 g/mol. The van der Waals surface area contributed by atoms with Gasteiger partial charge in [0, 0.05) is 0 Å². The molecule has 0 atom stereocenters. The molecule has 21 heavy (non-hydrogen) atoms.